The molecule has 0 spiro atoms. The van der Waals surface area contributed by atoms with E-state index in [0.29, 0.717) is 50.5 Å². The maximum absolute atomic E-state index is 13.4. The number of anilines is 3. The number of carbonyl (C=O) groups excluding carboxylic acids is 2. The van der Waals surface area contributed by atoms with Crippen molar-refractivity contribution in [3.05, 3.63) is 111 Å². The highest BCUT2D eigenvalue weighted by Crippen LogP contribution is 2.36. The quantitative estimate of drug-likeness (QED) is 0.192. The van der Waals surface area contributed by atoms with Crippen molar-refractivity contribution < 1.29 is 32.7 Å². The molecule has 2 amide bonds. The first-order chi connectivity index (χ1) is 20.4. The van der Waals surface area contributed by atoms with Gasteiger partial charge in [-0.3, -0.25) is 14.4 Å². The molecule has 9 nitrogen and oxygen atoms in total. The van der Waals surface area contributed by atoms with Crippen molar-refractivity contribution in [1.29, 1.82) is 0 Å². The van der Waals surface area contributed by atoms with Crippen molar-refractivity contribution in [2.45, 2.75) is 25.2 Å². The highest BCUT2D eigenvalue weighted by Gasteiger charge is 2.35. The van der Waals surface area contributed by atoms with Gasteiger partial charge in [-0.15, -0.1) is 0 Å². The van der Waals surface area contributed by atoms with Crippen molar-refractivity contribution in [3.8, 4) is 0 Å². The fraction of sp³-hybridized carbons (Fsp3) is 0.138. The van der Waals surface area contributed by atoms with Gasteiger partial charge in [0.15, 0.2) is 0 Å². The van der Waals surface area contributed by atoms with Crippen LogP contribution >= 0.6 is 23.2 Å². The Morgan fingerprint density at radius 3 is 2.33 bits per heavy atom. The van der Waals surface area contributed by atoms with Crippen LogP contribution in [0, 0.1) is 0 Å². The molecule has 0 fully saturated rings. The van der Waals surface area contributed by atoms with Crippen LogP contribution in [-0.4, -0.2) is 37.8 Å². The number of hydrogen-bond donors (Lipinski definition) is 3. The zero-order valence-electron chi connectivity index (χ0n) is 21.8. The number of nitrogens with zero attached hydrogens (tertiary/aromatic N) is 3. The lowest BCUT2D eigenvalue weighted by molar-refractivity contribution is -0.139. The third-order valence-corrected chi connectivity index (χ3v) is 7.01. The fourth-order valence-corrected chi connectivity index (χ4v) is 5.15. The topological polar surface area (TPSA) is 125 Å². The van der Waals surface area contributed by atoms with Crippen LogP contribution in [0.1, 0.15) is 49.9 Å². The van der Waals surface area contributed by atoms with Crippen LogP contribution in [0.4, 0.5) is 30.5 Å². The van der Waals surface area contributed by atoms with Gasteiger partial charge in [0, 0.05) is 51.5 Å². The number of aliphatic carboxylic acids is 1. The maximum Gasteiger partial charge on any atom is 0.419 e. The highest BCUT2D eigenvalue weighted by atomic mass is 35.5. The number of rotatable bonds is 8. The van der Waals surface area contributed by atoms with Gasteiger partial charge in [-0.25, -0.2) is 9.97 Å². The molecule has 1 unspecified atom stereocenters. The van der Waals surface area contributed by atoms with E-state index in [-0.39, 0.29) is 24.5 Å². The molecule has 1 aromatic heterocycles. The number of hydrogen-bond acceptors (Lipinski definition) is 6. The third-order valence-electron chi connectivity index (χ3n) is 6.57. The van der Waals surface area contributed by atoms with Crippen molar-refractivity contribution >= 4 is 58.3 Å². The zero-order valence-corrected chi connectivity index (χ0v) is 23.3. The van der Waals surface area contributed by atoms with E-state index in [1.807, 2.05) is 0 Å². The van der Waals surface area contributed by atoms with Gasteiger partial charge < -0.3 is 20.6 Å². The summed E-state index contributed by atoms with van der Waals surface area (Å²) in [5.74, 6) is -2.14. The second kappa shape index (κ2) is 11.9. The van der Waals surface area contributed by atoms with E-state index in [4.69, 9.17) is 23.2 Å². The molecule has 3 N–H and O–H groups in total. The smallest absolute Gasteiger partial charge is 0.419 e. The Morgan fingerprint density at radius 1 is 0.977 bits per heavy atom. The van der Waals surface area contributed by atoms with Gasteiger partial charge >= 0.3 is 12.1 Å². The Labute approximate surface area is 252 Å². The summed E-state index contributed by atoms with van der Waals surface area (Å²) in [6, 6.07) is 14.7. The lowest BCUT2D eigenvalue weighted by atomic mass is 10.0. The molecule has 5 rings (SSSR count). The first-order valence-electron chi connectivity index (χ1n) is 12.6. The van der Waals surface area contributed by atoms with E-state index in [9.17, 15) is 32.7 Å². The van der Waals surface area contributed by atoms with Gasteiger partial charge in [-0.2, -0.15) is 13.2 Å². The number of amides is 2. The van der Waals surface area contributed by atoms with Crippen LogP contribution in [0.5, 0.6) is 0 Å². The summed E-state index contributed by atoms with van der Waals surface area (Å²) in [6.07, 6.45) is -3.64. The lowest BCUT2D eigenvalue weighted by Gasteiger charge is -2.27. The van der Waals surface area contributed by atoms with Gasteiger partial charge in [0.05, 0.1) is 18.0 Å². The molecule has 1 aliphatic rings. The van der Waals surface area contributed by atoms with Crippen molar-refractivity contribution in [1.82, 2.24) is 14.9 Å². The average molecular weight is 630 g/mol. The number of carboxylic acid groups (broad SMARTS) is 1. The molecule has 0 saturated carbocycles. The summed E-state index contributed by atoms with van der Waals surface area (Å²) in [5.41, 5.74) is 1.33. The second-order valence-corrected chi connectivity index (χ2v) is 10.4. The minimum Gasteiger partial charge on any atom is -0.481 e. The lowest BCUT2D eigenvalue weighted by Crippen LogP contribution is -2.31. The van der Waals surface area contributed by atoms with Crippen LogP contribution < -0.4 is 10.6 Å². The molecule has 0 aliphatic carbocycles. The molecule has 2 heterocycles. The Hall–Kier alpha value is -4.68. The van der Waals surface area contributed by atoms with E-state index in [1.54, 1.807) is 36.4 Å². The first kappa shape index (κ1) is 29.8. The summed E-state index contributed by atoms with van der Waals surface area (Å²) in [6.45, 7) is 0.143. The van der Waals surface area contributed by atoms with Gasteiger partial charge in [0.1, 0.15) is 0 Å². The Morgan fingerprint density at radius 2 is 1.67 bits per heavy atom. The number of benzene rings is 3. The number of alkyl halides is 3. The predicted octanol–water partition coefficient (Wildman–Crippen LogP) is 6.97. The molecule has 1 atom stereocenters. The van der Waals surface area contributed by atoms with Crippen LogP contribution in [-0.2, 0) is 17.5 Å². The number of halogens is 5. The highest BCUT2D eigenvalue weighted by molar-refractivity contribution is 6.34. The molecule has 0 saturated heterocycles. The van der Waals surface area contributed by atoms with Gasteiger partial charge in [0.25, 0.3) is 11.8 Å². The molecule has 43 heavy (non-hydrogen) atoms. The fourth-order valence-electron chi connectivity index (χ4n) is 4.60. The first-order valence-corrected chi connectivity index (χ1v) is 13.3. The molecule has 4 aromatic rings. The van der Waals surface area contributed by atoms with Gasteiger partial charge in [-0.1, -0.05) is 35.3 Å². The standard InChI is InChI=1S/C29H20Cl2F3N5O4/c30-19-6-17(7-20(31)9-19)24(11-25(40)41)39-14-16-4-5-22(10-23(16)27(39)43)37-26(42)15-2-1-3-21(8-15)38-28-35-12-18(13-36-28)29(32,33)34/h1-10,12-13,24H,11,14H2,(H,37,42)(H,40,41)(H,35,36,38). The monoisotopic (exact) mass is 629 g/mol. The van der Waals surface area contributed by atoms with E-state index < -0.39 is 35.6 Å². The van der Waals surface area contributed by atoms with Crippen LogP contribution in [0.3, 0.4) is 0 Å². The van der Waals surface area contributed by atoms with Crippen molar-refractivity contribution in [2.75, 3.05) is 10.6 Å². The largest absolute Gasteiger partial charge is 0.481 e. The number of fused-ring (bicyclic) bond motifs is 1. The zero-order chi connectivity index (χ0) is 30.9. The summed E-state index contributed by atoms with van der Waals surface area (Å²) in [5, 5.41) is 15.6. The Bertz CT molecular complexity index is 1710. The molecular weight excluding hydrogens is 610 g/mol. The van der Waals surface area contributed by atoms with Crippen molar-refractivity contribution in [2.24, 2.45) is 0 Å². The van der Waals surface area contributed by atoms with E-state index in [0.717, 1.165) is 0 Å². The van der Waals surface area contributed by atoms with Crippen LogP contribution in [0.25, 0.3) is 0 Å². The molecule has 0 bridgehead atoms. The van der Waals surface area contributed by atoms with Crippen LogP contribution in [0.2, 0.25) is 10.0 Å². The van der Waals surface area contributed by atoms with Crippen LogP contribution in [0.15, 0.2) is 73.1 Å². The maximum atomic E-state index is 13.4. The minimum absolute atomic E-state index is 0.0894. The number of aromatic nitrogens is 2. The number of carboxylic acids is 1. The Balaban J connectivity index is 1.31. The van der Waals surface area contributed by atoms with E-state index in [1.165, 1.54) is 29.2 Å². The molecule has 3 aromatic carbocycles. The summed E-state index contributed by atoms with van der Waals surface area (Å²) < 4.78 is 38.3. The summed E-state index contributed by atoms with van der Waals surface area (Å²) in [7, 11) is 0. The predicted molar refractivity (Wildman–Crippen MR) is 152 cm³/mol. The molecule has 1 aliphatic heterocycles. The van der Waals surface area contributed by atoms with Gasteiger partial charge in [-0.05, 0) is 59.7 Å². The normalized spacial score (nSPS) is 13.4. The molecular formula is C29H20Cl2F3N5O4. The Kier molecular flexibility index (Phi) is 8.25. The number of carbonyl (C=O) groups is 3. The third kappa shape index (κ3) is 6.87. The average Bonchev–Trinajstić information content (AvgIpc) is 3.26. The summed E-state index contributed by atoms with van der Waals surface area (Å²) in [4.78, 5) is 46.9. The van der Waals surface area contributed by atoms with Gasteiger partial charge in [0.2, 0.25) is 5.95 Å². The number of nitrogens with one attached hydrogen (secondary N) is 2. The summed E-state index contributed by atoms with van der Waals surface area (Å²) >= 11 is 12.3. The van der Waals surface area contributed by atoms with E-state index >= 15 is 0 Å². The second-order valence-electron chi connectivity index (χ2n) is 9.57. The van der Waals surface area contributed by atoms with E-state index in [2.05, 4.69) is 20.6 Å². The SMILES string of the molecule is O=C(O)CC(c1cc(Cl)cc(Cl)c1)N1Cc2ccc(NC(=O)c3cccc(Nc4ncc(C(F)(F)F)cn4)c3)cc2C1=O. The minimum atomic E-state index is -4.57. The molecule has 14 heteroatoms. The molecule has 0 radical (unpaired) electrons. The van der Waals surface area contributed by atoms with Crippen molar-refractivity contribution in [3.63, 3.8) is 0 Å². The molecule has 220 valence electrons.